The highest BCUT2D eigenvalue weighted by molar-refractivity contribution is 7.87. The largest absolute Gasteiger partial charge is 0.351 e. The van der Waals surface area contributed by atoms with Crippen LogP contribution in [0.3, 0.4) is 0 Å². The van der Waals surface area contributed by atoms with Gasteiger partial charge in [-0.15, -0.1) is 0 Å². The number of halogens is 1. The topological polar surface area (TPSA) is 114 Å². The fraction of sp³-hybridized carbons (Fsp3) is 0.333. The van der Waals surface area contributed by atoms with E-state index < -0.39 is 22.1 Å². The normalized spacial score (nSPS) is 11.2. The minimum absolute atomic E-state index is 0.0330. The molecule has 18 heavy (non-hydrogen) atoms. The van der Waals surface area contributed by atoms with Crippen LogP contribution in [0.15, 0.2) is 18.2 Å². The molecule has 0 spiro atoms. The molecule has 0 saturated carbocycles. The standard InChI is InChI=1S/C9H13FN4O3S/c10-8-4-1-3-7(14-8)9(15)12-5-2-6-13-18(11,16)17/h1,3-4,13H,2,5-6H2,(H,12,15)(H2,11,16,17). The van der Waals surface area contributed by atoms with E-state index in [1.807, 2.05) is 0 Å². The molecule has 4 N–H and O–H groups in total. The number of aromatic nitrogens is 1. The van der Waals surface area contributed by atoms with Gasteiger partial charge in [-0.05, 0) is 18.6 Å². The lowest BCUT2D eigenvalue weighted by atomic mass is 10.3. The van der Waals surface area contributed by atoms with Gasteiger partial charge in [0.1, 0.15) is 5.69 Å². The molecule has 0 radical (unpaired) electrons. The lowest BCUT2D eigenvalue weighted by molar-refractivity contribution is 0.0947. The predicted molar refractivity (Wildman–Crippen MR) is 62.3 cm³/mol. The first-order valence-corrected chi connectivity index (χ1v) is 6.61. The van der Waals surface area contributed by atoms with Gasteiger partial charge in [-0.1, -0.05) is 6.07 Å². The van der Waals surface area contributed by atoms with Crippen LogP contribution in [0.25, 0.3) is 0 Å². The van der Waals surface area contributed by atoms with Crippen LogP contribution in [0.4, 0.5) is 4.39 Å². The molecule has 0 aliphatic rings. The molecule has 100 valence electrons. The first kappa shape index (κ1) is 14.5. The Labute approximate surface area is 104 Å². The number of nitrogens with one attached hydrogen (secondary N) is 2. The quantitative estimate of drug-likeness (QED) is 0.463. The van der Waals surface area contributed by atoms with Gasteiger partial charge in [0, 0.05) is 13.1 Å². The van der Waals surface area contributed by atoms with E-state index in [0.717, 1.165) is 6.07 Å². The molecule has 1 amide bonds. The van der Waals surface area contributed by atoms with Crippen LogP contribution in [0.1, 0.15) is 16.9 Å². The van der Waals surface area contributed by atoms with Gasteiger partial charge in [-0.3, -0.25) is 4.79 Å². The fourth-order valence-electron chi connectivity index (χ4n) is 1.13. The minimum atomic E-state index is -3.71. The third-order valence-corrected chi connectivity index (χ3v) is 2.50. The summed E-state index contributed by atoms with van der Waals surface area (Å²) in [5.41, 5.74) is -0.0330. The molecule has 0 fully saturated rings. The number of hydrogen-bond acceptors (Lipinski definition) is 4. The summed E-state index contributed by atoms with van der Waals surface area (Å²) in [5.74, 6) is -1.26. The summed E-state index contributed by atoms with van der Waals surface area (Å²) >= 11 is 0. The summed E-state index contributed by atoms with van der Waals surface area (Å²) in [6, 6.07) is 3.88. The van der Waals surface area contributed by atoms with Gasteiger partial charge in [-0.2, -0.15) is 12.8 Å². The first-order chi connectivity index (χ1) is 8.38. The van der Waals surface area contributed by atoms with Crippen LogP contribution in [-0.4, -0.2) is 32.4 Å². The van der Waals surface area contributed by atoms with E-state index in [4.69, 9.17) is 5.14 Å². The molecular formula is C9H13FN4O3S. The maximum absolute atomic E-state index is 12.7. The van der Waals surface area contributed by atoms with Gasteiger partial charge in [-0.25, -0.2) is 14.8 Å². The molecule has 0 aliphatic heterocycles. The zero-order valence-corrected chi connectivity index (χ0v) is 10.2. The monoisotopic (exact) mass is 276 g/mol. The van der Waals surface area contributed by atoms with Gasteiger partial charge in [0.2, 0.25) is 5.95 Å². The van der Waals surface area contributed by atoms with Gasteiger partial charge in [0.25, 0.3) is 16.1 Å². The number of amides is 1. The van der Waals surface area contributed by atoms with Crippen molar-refractivity contribution in [2.45, 2.75) is 6.42 Å². The summed E-state index contributed by atoms with van der Waals surface area (Å²) in [6.45, 7) is 0.329. The number of nitrogens with two attached hydrogens (primary N) is 1. The third-order valence-electron chi connectivity index (χ3n) is 1.89. The molecule has 1 rings (SSSR count). The highest BCUT2D eigenvalue weighted by Gasteiger charge is 2.07. The Hall–Kier alpha value is -1.58. The van der Waals surface area contributed by atoms with Gasteiger partial charge >= 0.3 is 0 Å². The van der Waals surface area contributed by atoms with Crippen molar-refractivity contribution in [2.75, 3.05) is 13.1 Å². The number of hydrogen-bond donors (Lipinski definition) is 3. The zero-order chi connectivity index (χ0) is 13.6. The van der Waals surface area contributed by atoms with Crippen LogP contribution in [0.5, 0.6) is 0 Å². The van der Waals surface area contributed by atoms with Crippen LogP contribution < -0.4 is 15.2 Å². The van der Waals surface area contributed by atoms with E-state index in [9.17, 15) is 17.6 Å². The van der Waals surface area contributed by atoms with E-state index in [1.54, 1.807) is 0 Å². The Balaban J connectivity index is 2.30. The zero-order valence-electron chi connectivity index (χ0n) is 9.39. The predicted octanol–water partition coefficient (Wildman–Crippen LogP) is -0.866. The van der Waals surface area contributed by atoms with E-state index >= 15 is 0 Å². The second kappa shape index (κ2) is 6.38. The second-order valence-electron chi connectivity index (χ2n) is 3.39. The molecule has 0 aliphatic carbocycles. The van der Waals surface area contributed by atoms with Crippen LogP contribution in [-0.2, 0) is 10.2 Å². The molecule has 0 atom stereocenters. The van der Waals surface area contributed by atoms with Crippen molar-refractivity contribution in [3.8, 4) is 0 Å². The first-order valence-electron chi connectivity index (χ1n) is 5.06. The Kier molecular flexibility index (Phi) is 5.13. The summed E-state index contributed by atoms with van der Waals surface area (Å²) in [6.07, 6.45) is 0.359. The van der Waals surface area contributed by atoms with Crippen LogP contribution in [0, 0.1) is 5.95 Å². The number of nitrogens with zero attached hydrogens (tertiary/aromatic N) is 1. The molecule has 1 aromatic rings. The Morgan fingerprint density at radius 1 is 1.39 bits per heavy atom. The number of pyridine rings is 1. The molecule has 1 aromatic heterocycles. The van der Waals surface area contributed by atoms with E-state index in [-0.39, 0.29) is 18.8 Å². The average molecular weight is 276 g/mol. The van der Waals surface area contributed by atoms with Gasteiger partial charge in [0.05, 0.1) is 0 Å². The molecule has 0 saturated heterocycles. The molecule has 1 heterocycles. The van der Waals surface area contributed by atoms with Crippen molar-refractivity contribution < 1.29 is 17.6 Å². The molecular weight excluding hydrogens is 263 g/mol. The summed E-state index contributed by atoms with van der Waals surface area (Å²) in [5, 5.41) is 7.18. The highest BCUT2D eigenvalue weighted by Crippen LogP contribution is 1.97. The molecule has 9 heteroatoms. The van der Waals surface area contributed by atoms with Gasteiger partial charge < -0.3 is 5.32 Å². The van der Waals surface area contributed by atoms with E-state index in [0.29, 0.717) is 6.42 Å². The van der Waals surface area contributed by atoms with Crippen molar-refractivity contribution in [2.24, 2.45) is 5.14 Å². The fourth-order valence-corrected chi connectivity index (χ4v) is 1.56. The van der Waals surface area contributed by atoms with Crippen molar-refractivity contribution in [3.63, 3.8) is 0 Å². The Morgan fingerprint density at radius 3 is 2.72 bits per heavy atom. The summed E-state index contributed by atoms with van der Waals surface area (Å²) < 4.78 is 35.8. The lowest BCUT2D eigenvalue weighted by Crippen LogP contribution is -2.34. The minimum Gasteiger partial charge on any atom is -0.351 e. The average Bonchev–Trinajstić information content (AvgIpc) is 2.26. The maximum Gasteiger partial charge on any atom is 0.274 e. The number of carbonyl (C=O) groups is 1. The highest BCUT2D eigenvalue weighted by atomic mass is 32.2. The van der Waals surface area contributed by atoms with Crippen LogP contribution in [0.2, 0.25) is 0 Å². The number of rotatable bonds is 6. The van der Waals surface area contributed by atoms with Crippen molar-refractivity contribution in [1.29, 1.82) is 0 Å². The SMILES string of the molecule is NS(=O)(=O)NCCCNC(=O)c1cccc(F)n1. The number of carbonyl (C=O) groups excluding carboxylic acids is 1. The summed E-state index contributed by atoms with van der Waals surface area (Å²) in [4.78, 5) is 14.9. The maximum atomic E-state index is 12.7. The Bertz CT molecular complexity index is 520. The van der Waals surface area contributed by atoms with Crippen molar-refractivity contribution >= 4 is 16.1 Å². The third kappa shape index (κ3) is 5.66. The van der Waals surface area contributed by atoms with E-state index in [2.05, 4.69) is 15.0 Å². The molecule has 7 nitrogen and oxygen atoms in total. The van der Waals surface area contributed by atoms with E-state index in [1.165, 1.54) is 12.1 Å². The van der Waals surface area contributed by atoms with Crippen LogP contribution >= 0.6 is 0 Å². The van der Waals surface area contributed by atoms with Crippen molar-refractivity contribution in [1.82, 2.24) is 15.0 Å². The second-order valence-corrected chi connectivity index (χ2v) is 4.77. The lowest BCUT2D eigenvalue weighted by Gasteiger charge is -2.05. The molecule has 0 bridgehead atoms. The summed E-state index contributed by atoms with van der Waals surface area (Å²) in [7, 11) is -3.71. The molecule has 0 unspecified atom stereocenters. The van der Waals surface area contributed by atoms with Crippen molar-refractivity contribution in [3.05, 3.63) is 29.8 Å². The Morgan fingerprint density at radius 2 is 2.11 bits per heavy atom. The van der Waals surface area contributed by atoms with Gasteiger partial charge in [0.15, 0.2) is 0 Å². The molecule has 0 aromatic carbocycles. The smallest absolute Gasteiger partial charge is 0.274 e.